The van der Waals surface area contributed by atoms with Crippen LogP contribution < -0.4 is 10.6 Å². The molecular weight excluding hydrogens is 290 g/mol. The van der Waals surface area contributed by atoms with Gasteiger partial charge in [0.2, 0.25) is 0 Å². The molecule has 2 aromatic rings. The molecule has 0 radical (unpaired) electrons. The number of halogens is 1. The summed E-state index contributed by atoms with van der Waals surface area (Å²) < 4.78 is 0. The maximum Gasteiger partial charge on any atom is 0.324 e. The Bertz CT molecular complexity index is 684. The fourth-order valence-corrected chi connectivity index (χ4v) is 1.98. The minimum absolute atomic E-state index is 0.149. The molecule has 3 N–H and O–H groups in total. The van der Waals surface area contributed by atoms with Gasteiger partial charge < -0.3 is 10.4 Å². The summed E-state index contributed by atoms with van der Waals surface area (Å²) in [6, 6.07) is 6.38. The lowest BCUT2D eigenvalue weighted by Crippen LogP contribution is -2.21. The Kier molecular flexibility index (Phi) is 4.33. The van der Waals surface area contributed by atoms with Crippen molar-refractivity contribution >= 4 is 29.1 Å². The van der Waals surface area contributed by atoms with Gasteiger partial charge in [-0.05, 0) is 56.2 Å². The fraction of sp³-hybridized carbons (Fsp3) is 0.200. The van der Waals surface area contributed by atoms with Crippen molar-refractivity contribution in [3.63, 3.8) is 0 Å². The van der Waals surface area contributed by atoms with Gasteiger partial charge in [-0.25, -0.2) is 9.78 Å². The number of amides is 2. The Morgan fingerprint density at radius 1 is 1.10 bits per heavy atom. The number of carbonyl (C=O) groups is 1. The number of rotatable bonds is 2. The van der Waals surface area contributed by atoms with Crippen molar-refractivity contribution in [3.8, 4) is 5.75 Å². The number of nitrogens with one attached hydrogen (secondary N) is 2. The molecule has 1 aromatic heterocycles. The molecular formula is C15H16ClN3O2. The maximum atomic E-state index is 12.0. The van der Waals surface area contributed by atoms with Crippen molar-refractivity contribution < 1.29 is 9.90 Å². The third-order valence-corrected chi connectivity index (χ3v) is 3.48. The first kappa shape index (κ1) is 15.1. The standard InChI is InChI=1S/C15H16ClN3O2/c1-8-9(2)14(17-10(3)13(8)20)19-15(21)18-12-6-4-11(16)5-7-12/h4-7,20H,1-3H3,(H2,17,18,19,21). The Labute approximate surface area is 128 Å². The SMILES string of the molecule is Cc1nc(NC(=O)Nc2ccc(Cl)cc2)c(C)c(C)c1O. The lowest BCUT2D eigenvalue weighted by Gasteiger charge is -2.13. The summed E-state index contributed by atoms with van der Waals surface area (Å²) in [5, 5.41) is 15.8. The van der Waals surface area contributed by atoms with Crippen molar-refractivity contribution in [1.82, 2.24) is 4.98 Å². The summed E-state index contributed by atoms with van der Waals surface area (Å²) in [6.07, 6.45) is 0. The number of pyridine rings is 1. The molecule has 0 atom stereocenters. The predicted octanol–water partition coefficient (Wildman–Crippen LogP) is 4.01. The van der Waals surface area contributed by atoms with E-state index in [-0.39, 0.29) is 5.75 Å². The van der Waals surface area contributed by atoms with Gasteiger partial charge in [0, 0.05) is 10.7 Å². The lowest BCUT2D eigenvalue weighted by molar-refractivity contribution is 0.262. The Morgan fingerprint density at radius 3 is 2.33 bits per heavy atom. The van der Waals surface area contributed by atoms with Crippen molar-refractivity contribution in [3.05, 3.63) is 46.1 Å². The van der Waals surface area contributed by atoms with Gasteiger partial charge in [-0.3, -0.25) is 5.32 Å². The molecule has 110 valence electrons. The van der Waals surface area contributed by atoms with Crippen LogP contribution in [-0.4, -0.2) is 16.1 Å². The Hall–Kier alpha value is -2.27. The quantitative estimate of drug-likeness (QED) is 0.784. The molecule has 5 nitrogen and oxygen atoms in total. The summed E-state index contributed by atoms with van der Waals surface area (Å²) in [6.45, 7) is 5.26. The van der Waals surface area contributed by atoms with Gasteiger partial charge in [0.15, 0.2) is 0 Å². The van der Waals surface area contributed by atoms with E-state index in [4.69, 9.17) is 11.6 Å². The first-order valence-corrected chi connectivity index (χ1v) is 6.76. The summed E-state index contributed by atoms with van der Waals surface area (Å²) in [5.41, 5.74) is 2.52. The minimum Gasteiger partial charge on any atom is -0.506 e. The molecule has 0 fully saturated rings. The van der Waals surface area contributed by atoms with Crippen LogP contribution in [-0.2, 0) is 0 Å². The number of benzene rings is 1. The van der Waals surface area contributed by atoms with Crippen LogP contribution in [0.25, 0.3) is 0 Å². The number of aromatic hydroxyl groups is 1. The molecule has 0 saturated carbocycles. The fourth-order valence-electron chi connectivity index (χ4n) is 1.86. The molecule has 0 bridgehead atoms. The highest BCUT2D eigenvalue weighted by molar-refractivity contribution is 6.30. The van der Waals surface area contributed by atoms with E-state index in [9.17, 15) is 9.90 Å². The van der Waals surface area contributed by atoms with Gasteiger partial charge in [-0.1, -0.05) is 11.6 Å². The number of aryl methyl sites for hydroxylation is 1. The zero-order chi connectivity index (χ0) is 15.6. The number of urea groups is 1. The van der Waals surface area contributed by atoms with Gasteiger partial charge in [0.1, 0.15) is 11.6 Å². The predicted molar refractivity (Wildman–Crippen MR) is 84.2 cm³/mol. The van der Waals surface area contributed by atoms with Crippen LogP contribution in [0.5, 0.6) is 5.75 Å². The molecule has 1 aromatic carbocycles. The van der Waals surface area contributed by atoms with Gasteiger partial charge in [-0.15, -0.1) is 0 Å². The minimum atomic E-state index is -0.405. The maximum absolute atomic E-state index is 12.0. The molecule has 0 aliphatic heterocycles. The average molecular weight is 306 g/mol. The molecule has 21 heavy (non-hydrogen) atoms. The normalized spacial score (nSPS) is 10.3. The lowest BCUT2D eigenvalue weighted by atomic mass is 10.1. The number of carbonyl (C=O) groups excluding carboxylic acids is 1. The number of anilines is 2. The monoisotopic (exact) mass is 305 g/mol. The van der Waals surface area contributed by atoms with E-state index in [1.54, 1.807) is 45.0 Å². The summed E-state index contributed by atoms with van der Waals surface area (Å²) in [7, 11) is 0. The Morgan fingerprint density at radius 2 is 1.71 bits per heavy atom. The van der Waals surface area contributed by atoms with E-state index < -0.39 is 6.03 Å². The Balaban J connectivity index is 2.15. The van der Waals surface area contributed by atoms with Gasteiger partial charge >= 0.3 is 6.03 Å². The molecule has 0 unspecified atom stereocenters. The number of hydrogen-bond acceptors (Lipinski definition) is 3. The zero-order valence-corrected chi connectivity index (χ0v) is 12.7. The molecule has 2 rings (SSSR count). The largest absolute Gasteiger partial charge is 0.506 e. The number of hydrogen-bond donors (Lipinski definition) is 3. The highest BCUT2D eigenvalue weighted by Gasteiger charge is 2.13. The first-order chi connectivity index (χ1) is 9.88. The number of nitrogens with zero attached hydrogens (tertiary/aromatic N) is 1. The van der Waals surface area contributed by atoms with E-state index in [1.165, 1.54) is 0 Å². The topological polar surface area (TPSA) is 74.2 Å². The van der Waals surface area contributed by atoms with Crippen molar-refractivity contribution in [2.45, 2.75) is 20.8 Å². The zero-order valence-electron chi connectivity index (χ0n) is 12.0. The summed E-state index contributed by atoms with van der Waals surface area (Å²) in [4.78, 5) is 16.2. The van der Waals surface area contributed by atoms with Crippen molar-refractivity contribution in [2.75, 3.05) is 10.6 Å². The highest BCUT2D eigenvalue weighted by Crippen LogP contribution is 2.27. The van der Waals surface area contributed by atoms with Crippen LogP contribution in [0.3, 0.4) is 0 Å². The van der Waals surface area contributed by atoms with Gasteiger partial charge in [0.05, 0.1) is 5.69 Å². The van der Waals surface area contributed by atoms with Crippen LogP contribution >= 0.6 is 11.6 Å². The second kappa shape index (κ2) is 6.01. The average Bonchev–Trinajstić information content (AvgIpc) is 2.45. The second-order valence-corrected chi connectivity index (χ2v) is 5.17. The molecule has 6 heteroatoms. The molecule has 0 saturated heterocycles. The van der Waals surface area contributed by atoms with E-state index in [1.807, 2.05) is 0 Å². The molecule has 1 heterocycles. The van der Waals surface area contributed by atoms with Gasteiger partial charge in [0.25, 0.3) is 0 Å². The smallest absolute Gasteiger partial charge is 0.324 e. The third-order valence-electron chi connectivity index (χ3n) is 3.23. The number of aromatic nitrogens is 1. The van der Waals surface area contributed by atoms with E-state index >= 15 is 0 Å². The summed E-state index contributed by atoms with van der Waals surface area (Å²) in [5.74, 6) is 0.574. The van der Waals surface area contributed by atoms with Crippen LogP contribution in [0, 0.1) is 20.8 Å². The van der Waals surface area contributed by atoms with E-state index in [0.29, 0.717) is 27.8 Å². The van der Waals surface area contributed by atoms with Gasteiger partial charge in [-0.2, -0.15) is 0 Å². The highest BCUT2D eigenvalue weighted by atomic mass is 35.5. The second-order valence-electron chi connectivity index (χ2n) is 4.73. The van der Waals surface area contributed by atoms with Crippen molar-refractivity contribution in [2.24, 2.45) is 0 Å². The van der Waals surface area contributed by atoms with Crippen LogP contribution in [0.15, 0.2) is 24.3 Å². The van der Waals surface area contributed by atoms with Crippen molar-refractivity contribution in [1.29, 1.82) is 0 Å². The molecule has 0 aliphatic carbocycles. The first-order valence-electron chi connectivity index (χ1n) is 6.39. The molecule has 0 spiro atoms. The van der Waals surface area contributed by atoms with Crippen LogP contribution in [0.1, 0.15) is 16.8 Å². The van der Waals surface area contributed by atoms with Crippen LogP contribution in [0.2, 0.25) is 5.02 Å². The molecule has 0 aliphatic rings. The molecule has 2 amide bonds. The summed E-state index contributed by atoms with van der Waals surface area (Å²) >= 11 is 5.79. The van der Waals surface area contributed by atoms with E-state index in [0.717, 1.165) is 5.56 Å². The van der Waals surface area contributed by atoms with Crippen LogP contribution in [0.4, 0.5) is 16.3 Å². The van der Waals surface area contributed by atoms with E-state index in [2.05, 4.69) is 15.6 Å². The third kappa shape index (κ3) is 3.44.